The van der Waals surface area contributed by atoms with Crippen LogP contribution in [0.4, 0.5) is 0 Å². The molecule has 1 aromatic rings. The molecule has 1 rings (SSSR count). The van der Waals surface area contributed by atoms with Crippen molar-refractivity contribution in [2.75, 3.05) is 0 Å². The molecule has 0 amide bonds. The Kier molecular flexibility index (Phi) is 4.60. The molecule has 86 valence electrons. The summed E-state index contributed by atoms with van der Waals surface area (Å²) in [5, 5.41) is 13.4. The van der Waals surface area contributed by atoms with E-state index in [0.717, 1.165) is 5.82 Å². The van der Waals surface area contributed by atoms with Crippen molar-refractivity contribution in [2.24, 2.45) is 0 Å². The molecule has 4 nitrogen and oxygen atoms in total. The van der Waals surface area contributed by atoms with E-state index in [4.69, 9.17) is 4.52 Å². The van der Waals surface area contributed by atoms with Gasteiger partial charge in [-0.3, -0.25) is 0 Å². The van der Waals surface area contributed by atoms with Gasteiger partial charge in [0.05, 0.1) is 11.9 Å². The SMILES string of the molecule is CC(C)c1noc(CSC(C)C(C)O)n1. The summed E-state index contributed by atoms with van der Waals surface area (Å²) in [6, 6.07) is 0. The van der Waals surface area contributed by atoms with Gasteiger partial charge in [0.2, 0.25) is 5.89 Å². The Bertz CT molecular complexity index is 299. The number of hydrogen-bond acceptors (Lipinski definition) is 5. The van der Waals surface area contributed by atoms with Gasteiger partial charge in [0.25, 0.3) is 0 Å². The average molecular weight is 230 g/mol. The van der Waals surface area contributed by atoms with E-state index < -0.39 is 0 Å². The molecule has 0 aliphatic heterocycles. The second-order valence-corrected chi connectivity index (χ2v) is 5.32. The summed E-state index contributed by atoms with van der Waals surface area (Å²) in [6.07, 6.45) is -0.317. The van der Waals surface area contributed by atoms with Crippen molar-refractivity contribution in [3.63, 3.8) is 0 Å². The maximum absolute atomic E-state index is 9.30. The maximum Gasteiger partial charge on any atom is 0.236 e. The lowest BCUT2D eigenvalue weighted by molar-refractivity contribution is 0.196. The number of aliphatic hydroxyl groups excluding tert-OH is 1. The molecular formula is C10H18N2O2S. The van der Waals surface area contributed by atoms with E-state index in [0.29, 0.717) is 17.6 Å². The first kappa shape index (κ1) is 12.5. The van der Waals surface area contributed by atoms with Gasteiger partial charge in [-0.2, -0.15) is 4.98 Å². The number of nitrogens with zero attached hydrogens (tertiary/aromatic N) is 2. The average Bonchev–Trinajstić information content (AvgIpc) is 2.62. The molecule has 0 spiro atoms. The highest BCUT2D eigenvalue weighted by atomic mass is 32.2. The normalized spacial score (nSPS) is 15.6. The van der Waals surface area contributed by atoms with Crippen molar-refractivity contribution < 1.29 is 9.63 Å². The van der Waals surface area contributed by atoms with Gasteiger partial charge in [-0.05, 0) is 6.92 Å². The van der Waals surface area contributed by atoms with Crippen molar-refractivity contribution in [3.05, 3.63) is 11.7 Å². The molecule has 1 N–H and O–H groups in total. The second kappa shape index (κ2) is 5.51. The highest BCUT2D eigenvalue weighted by Crippen LogP contribution is 2.20. The minimum atomic E-state index is -0.317. The van der Waals surface area contributed by atoms with Crippen LogP contribution in [-0.2, 0) is 5.75 Å². The van der Waals surface area contributed by atoms with Crippen molar-refractivity contribution in [1.82, 2.24) is 10.1 Å². The third-order valence-corrected chi connectivity index (χ3v) is 3.48. The Balaban J connectivity index is 2.44. The molecule has 0 saturated heterocycles. The fourth-order valence-electron chi connectivity index (χ4n) is 0.903. The lowest BCUT2D eigenvalue weighted by Crippen LogP contribution is -2.15. The minimum absolute atomic E-state index is 0.180. The number of rotatable bonds is 5. The standard InChI is InChI=1S/C10H18N2O2S/c1-6(2)10-11-9(14-12-10)5-15-8(4)7(3)13/h6-8,13H,5H2,1-4H3. The summed E-state index contributed by atoms with van der Waals surface area (Å²) in [7, 11) is 0. The van der Waals surface area contributed by atoms with Gasteiger partial charge in [0.15, 0.2) is 5.82 Å². The van der Waals surface area contributed by atoms with Crippen molar-refractivity contribution in [2.45, 2.75) is 50.7 Å². The summed E-state index contributed by atoms with van der Waals surface area (Å²) in [5.74, 6) is 2.33. The van der Waals surface area contributed by atoms with Crippen LogP contribution < -0.4 is 0 Å². The molecule has 0 radical (unpaired) electrons. The fraction of sp³-hybridized carbons (Fsp3) is 0.800. The molecule has 0 aliphatic carbocycles. The van der Waals surface area contributed by atoms with Gasteiger partial charge in [-0.25, -0.2) is 0 Å². The molecule has 5 heteroatoms. The molecule has 2 atom stereocenters. The largest absolute Gasteiger partial charge is 0.392 e. The van der Waals surface area contributed by atoms with E-state index in [9.17, 15) is 5.11 Å². The first-order valence-electron chi connectivity index (χ1n) is 5.13. The predicted molar refractivity (Wildman–Crippen MR) is 60.8 cm³/mol. The van der Waals surface area contributed by atoms with Gasteiger partial charge < -0.3 is 9.63 Å². The maximum atomic E-state index is 9.30. The minimum Gasteiger partial charge on any atom is -0.392 e. The Morgan fingerprint density at radius 1 is 1.33 bits per heavy atom. The van der Waals surface area contributed by atoms with Crippen LogP contribution in [0, 0.1) is 0 Å². The zero-order valence-corrected chi connectivity index (χ0v) is 10.4. The Morgan fingerprint density at radius 2 is 2.00 bits per heavy atom. The summed E-state index contributed by atoms with van der Waals surface area (Å²) in [4.78, 5) is 4.26. The summed E-state index contributed by atoms with van der Waals surface area (Å²) in [6.45, 7) is 7.82. The number of aliphatic hydroxyl groups is 1. The van der Waals surface area contributed by atoms with Crippen LogP contribution in [0.3, 0.4) is 0 Å². The van der Waals surface area contributed by atoms with E-state index >= 15 is 0 Å². The predicted octanol–water partition coefficient (Wildman–Crippen LogP) is 2.20. The third-order valence-electron chi connectivity index (χ3n) is 2.15. The van der Waals surface area contributed by atoms with Gasteiger partial charge in [0, 0.05) is 11.2 Å². The highest BCUT2D eigenvalue weighted by Gasteiger charge is 2.13. The topological polar surface area (TPSA) is 59.2 Å². The lowest BCUT2D eigenvalue weighted by atomic mass is 10.2. The summed E-state index contributed by atoms with van der Waals surface area (Å²) in [5.41, 5.74) is 0. The van der Waals surface area contributed by atoms with E-state index in [-0.39, 0.29) is 11.4 Å². The molecule has 0 aliphatic rings. The van der Waals surface area contributed by atoms with Gasteiger partial charge >= 0.3 is 0 Å². The molecular weight excluding hydrogens is 212 g/mol. The molecule has 0 aromatic carbocycles. The molecule has 0 saturated carbocycles. The van der Waals surface area contributed by atoms with Crippen LogP contribution in [0.2, 0.25) is 0 Å². The fourth-order valence-corrected chi connectivity index (χ4v) is 1.70. The van der Waals surface area contributed by atoms with Crippen LogP contribution in [0.1, 0.15) is 45.3 Å². The first-order chi connectivity index (χ1) is 7.00. The van der Waals surface area contributed by atoms with Crippen LogP contribution in [-0.4, -0.2) is 26.6 Å². The molecule has 1 heterocycles. The third kappa shape index (κ3) is 3.83. The van der Waals surface area contributed by atoms with E-state index in [1.165, 1.54) is 0 Å². The Hall–Kier alpha value is -0.550. The zero-order valence-electron chi connectivity index (χ0n) is 9.60. The summed E-state index contributed by atoms with van der Waals surface area (Å²) >= 11 is 1.62. The lowest BCUT2D eigenvalue weighted by Gasteiger charge is -2.11. The van der Waals surface area contributed by atoms with E-state index in [1.54, 1.807) is 18.7 Å². The van der Waals surface area contributed by atoms with Crippen molar-refractivity contribution >= 4 is 11.8 Å². The monoisotopic (exact) mass is 230 g/mol. The van der Waals surface area contributed by atoms with Crippen LogP contribution in [0.15, 0.2) is 4.52 Å². The van der Waals surface area contributed by atoms with Gasteiger partial charge in [0.1, 0.15) is 0 Å². The second-order valence-electron chi connectivity index (χ2n) is 3.96. The molecule has 2 unspecified atom stereocenters. The van der Waals surface area contributed by atoms with Gasteiger partial charge in [-0.15, -0.1) is 11.8 Å². The summed E-state index contributed by atoms with van der Waals surface area (Å²) < 4.78 is 5.09. The van der Waals surface area contributed by atoms with Gasteiger partial charge in [-0.1, -0.05) is 25.9 Å². The smallest absolute Gasteiger partial charge is 0.236 e. The molecule has 1 aromatic heterocycles. The molecule has 0 bridgehead atoms. The van der Waals surface area contributed by atoms with Crippen LogP contribution in [0.25, 0.3) is 0 Å². The van der Waals surface area contributed by atoms with Crippen LogP contribution >= 0.6 is 11.8 Å². The Morgan fingerprint density at radius 3 is 2.47 bits per heavy atom. The highest BCUT2D eigenvalue weighted by molar-refractivity contribution is 7.99. The molecule has 0 fully saturated rings. The molecule has 15 heavy (non-hydrogen) atoms. The first-order valence-corrected chi connectivity index (χ1v) is 6.17. The number of hydrogen-bond donors (Lipinski definition) is 1. The van der Waals surface area contributed by atoms with Crippen molar-refractivity contribution in [1.29, 1.82) is 0 Å². The Labute approximate surface area is 94.5 Å². The number of aromatic nitrogens is 2. The zero-order chi connectivity index (χ0) is 11.4. The number of thioether (sulfide) groups is 1. The van der Waals surface area contributed by atoms with Crippen molar-refractivity contribution in [3.8, 4) is 0 Å². The quantitative estimate of drug-likeness (QED) is 0.840. The van der Waals surface area contributed by atoms with Crippen LogP contribution in [0.5, 0.6) is 0 Å². The van der Waals surface area contributed by atoms with E-state index in [2.05, 4.69) is 10.1 Å². The van der Waals surface area contributed by atoms with E-state index in [1.807, 2.05) is 20.8 Å².